The molecule has 0 aromatic heterocycles. The maximum Gasteiger partial charge on any atom is 0.307 e. The zero-order chi connectivity index (χ0) is 9.97. The largest absolute Gasteiger partial charge is 0.461 e. The molecule has 0 N–H and O–H groups in total. The lowest BCUT2D eigenvalue weighted by atomic mass is 10.2. The zero-order valence-corrected chi connectivity index (χ0v) is 8.79. The number of carbonyl (C=O) groups excluding carboxylic acids is 1. The van der Waals surface area contributed by atoms with Gasteiger partial charge in [0.2, 0.25) is 0 Å². The highest BCUT2D eigenvalue weighted by Crippen LogP contribution is 2.32. The summed E-state index contributed by atoms with van der Waals surface area (Å²) in [5, 5.41) is 0.268. The van der Waals surface area contributed by atoms with Crippen molar-refractivity contribution in [3.63, 3.8) is 0 Å². The third-order valence-electron chi connectivity index (χ3n) is 2.24. The fourth-order valence-electron chi connectivity index (χ4n) is 1.47. The molecule has 2 atom stereocenters. The number of hydrogen-bond acceptors (Lipinski definition) is 3. The van der Waals surface area contributed by atoms with Crippen LogP contribution in [0.15, 0.2) is 35.2 Å². The first-order valence-electron chi connectivity index (χ1n) is 4.67. The molecule has 1 aliphatic rings. The molecule has 3 heteroatoms. The lowest BCUT2D eigenvalue weighted by Crippen LogP contribution is -2.12. The first kappa shape index (κ1) is 9.59. The van der Waals surface area contributed by atoms with E-state index in [1.54, 1.807) is 11.8 Å². The van der Waals surface area contributed by atoms with Gasteiger partial charge in [0.15, 0.2) is 0 Å². The van der Waals surface area contributed by atoms with Crippen LogP contribution < -0.4 is 0 Å². The molecular weight excluding hydrogens is 196 g/mol. The van der Waals surface area contributed by atoms with Gasteiger partial charge in [0.1, 0.15) is 6.10 Å². The molecule has 14 heavy (non-hydrogen) atoms. The Morgan fingerprint density at radius 1 is 1.36 bits per heavy atom. The van der Waals surface area contributed by atoms with E-state index in [0.29, 0.717) is 6.42 Å². The van der Waals surface area contributed by atoms with E-state index in [-0.39, 0.29) is 17.3 Å². The van der Waals surface area contributed by atoms with Crippen LogP contribution in [0.2, 0.25) is 0 Å². The first-order chi connectivity index (χ1) is 6.75. The van der Waals surface area contributed by atoms with Crippen LogP contribution in [0.3, 0.4) is 0 Å². The van der Waals surface area contributed by atoms with Crippen LogP contribution in [0.5, 0.6) is 0 Å². The van der Waals surface area contributed by atoms with E-state index in [9.17, 15) is 4.79 Å². The Bertz CT molecular complexity index is 323. The van der Waals surface area contributed by atoms with Crippen LogP contribution in [-0.2, 0) is 9.53 Å². The van der Waals surface area contributed by atoms with Gasteiger partial charge in [0.05, 0.1) is 11.7 Å². The summed E-state index contributed by atoms with van der Waals surface area (Å²) in [6.45, 7) is 1.95. The summed E-state index contributed by atoms with van der Waals surface area (Å²) in [5.74, 6) is -0.0778. The molecule has 1 saturated heterocycles. The Morgan fingerprint density at radius 2 is 2.07 bits per heavy atom. The topological polar surface area (TPSA) is 26.3 Å². The standard InChI is InChI=1S/C11H12O2S/c1-8-10(7-11(12)13-8)14-9-5-3-2-4-6-9/h2-6,8,10H,7H2,1H3. The molecule has 0 amide bonds. The van der Waals surface area contributed by atoms with Gasteiger partial charge in [-0.25, -0.2) is 0 Å². The molecule has 1 aliphatic heterocycles. The first-order valence-corrected chi connectivity index (χ1v) is 5.55. The van der Waals surface area contributed by atoms with Crippen molar-refractivity contribution in [2.24, 2.45) is 0 Å². The molecule has 1 heterocycles. The van der Waals surface area contributed by atoms with Crippen LogP contribution in [0.25, 0.3) is 0 Å². The maximum atomic E-state index is 11.0. The van der Waals surface area contributed by atoms with Crippen molar-refractivity contribution < 1.29 is 9.53 Å². The normalized spacial score (nSPS) is 26.2. The third kappa shape index (κ3) is 2.10. The minimum absolute atomic E-state index is 0.0349. The van der Waals surface area contributed by atoms with Gasteiger partial charge < -0.3 is 4.74 Å². The fourth-order valence-corrected chi connectivity index (χ4v) is 2.60. The van der Waals surface area contributed by atoms with Crippen molar-refractivity contribution in [3.8, 4) is 0 Å². The quantitative estimate of drug-likeness (QED) is 0.698. The van der Waals surface area contributed by atoms with Gasteiger partial charge in [-0.2, -0.15) is 0 Å². The molecule has 74 valence electrons. The van der Waals surface area contributed by atoms with Gasteiger partial charge in [-0.05, 0) is 19.1 Å². The molecule has 1 aromatic rings. The van der Waals surface area contributed by atoms with Crippen molar-refractivity contribution in [1.29, 1.82) is 0 Å². The van der Waals surface area contributed by atoms with Gasteiger partial charge in [-0.15, -0.1) is 11.8 Å². The summed E-state index contributed by atoms with van der Waals surface area (Å²) in [4.78, 5) is 12.2. The lowest BCUT2D eigenvalue weighted by Gasteiger charge is -2.11. The van der Waals surface area contributed by atoms with Crippen molar-refractivity contribution in [2.75, 3.05) is 0 Å². The second-order valence-corrected chi connectivity index (χ2v) is 4.68. The predicted octanol–water partition coefficient (Wildman–Crippen LogP) is 2.48. The average molecular weight is 208 g/mol. The number of benzene rings is 1. The van der Waals surface area contributed by atoms with Crippen molar-refractivity contribution in [2.45, 2.75) is 29.6 Å². The van der Waals surface area contributed by atoms with Gasteiger partial charge >= 0.3 is 5.97 Å². The maximum absolute atomic E-state index is 11.0. The van der Waals surface area contributed by atoms with Crippen molar-refractivity contribution in [3.05, 3.63) is 30.3 Å². The summed E-state index contributed by atoms with van der Waals surface area (Å²) in [5.41, 5.74) is 0. The Hall–Kier alpha value is -0.960. The molecule has 2 nitrogen and oxygen atoms in total. The van der Waals surface area contributed by atoms with Crippen LogP contribution in [0.4, 0.5) is 0 Å². The van der Waals surface area contributed by atoms with Crippen LogP contribution in [-0.4, -0.2) is 17.3 Å². The Morgan fingerprint density at radius 3 is 2.64 bits per heavy atom. The fraction of sp³-hybridized carbons (Fsp3) is 0.364. The zero-order valence-electron chi connectivity index (χ0n) is 7.97. The highest BCUT2D eigenvalue weighted by molar-refractivity contribution is 8.00. The minimum atomic E-state index is -0.0778. The van der Waals surface area contributed by atoms with E-state index in [4.69, 9.17) is 4.74 Å². The molecule has 0 spiro atoms. The number of esters is 1. The van der Waals surface area contributed by atoms with Crippen molar-refractivity contribution >= 4 is 17.7 Å². The molecule has 0 saturated carbocycles. The predicted molar refractivity (Wildman–Crippen MR) is 56.3 cm³/mol. The summed E-state index contributed by atoms with van der Waals surface area (Å²) in [7, 11) is 0. The van der Waals surface area contributed by atoms with E-state index < -0.39 is 0 Å². The molecule has 0 bridgehead atoms. The van der Waals surface area contributed by atoms with Crippen LogP contribution in [0, 0.1) is 0 Å². The summed E-state index contributed by atoms with van der Waals surface area (Å²) >= 11 is 1.72. The van der Waals surface area contributed by atoms with E-state index in [2.05, 4.69) is 12.1 Å². The smallest absolute Gasteiger partial charge is 0.307 e. The van der Waals surface area contributed by atoms with Gasteiger partial charge in [0.25, 0.3) is 0 Å². The minimum Gasteiger partial charge on any atom is -0.461 e. The second kappa shape index (κ2) is 4.05. The molecule has 2 rings (SSSR count). The van der Waals surface area contributed by atoms with E-state index in [1.165, 1.54) is 4.90 Å². The summed E-state index contributed by atoms with van der Waals surface area (Å²) in [6, 6.07) is 10.1. The van der Waals surface area contributed by atoms with E-state index in [0.717, 1.165) is 0 Å². The Kier molecular flexibility index (Phi) is 2.77. The molecular formula is C11H12O2S. The molecule has 0 aliphatic carbocycles. The summed E-state index contributed by atoms with van der Waals surface area (Å²) in [6.07, 6.45) is 0.563. The number of ether oxygens (including phenoxy) is 1. The van der Waals surface area contributed by atoms with Crippen LogP contribution >= 0.6 is 11.8 Å². The highest BCUT2D eigenvalue weighted by Gasteiger charge is 2.31. The molecule has 2 unspecified atom stereocenters. The van der Waals surface area contributed by atoms with Gasteiger partial charge in [-0.1, -0.05) is 18.2 Å². The molecule has 1 aromatic carbocycles. The lowest BCUT2D eigenvalue weighted by molar-refractivity contribution is -0.140. The highest BCUT2D eigenvalue weighted by atomic mass is 32.2. The van der Waals surface area contributed by atoms with Gasteiger partial charge in [-0.3, -0.25) is 4.79 Å². The van der Waals surface area contributed by atoms with Gasteiger partial charge in [0, 0.05) is 4.90 Å². The number of cyclic esters (lactones) is 1. The monoisotopic (exact) mass is 208 g/mol. The number of hydrogen-bond donors (Lipinski definition) is 0. The summed E-state index contributed by atoms with van der Waals surface area (Å²) < 4.78 is 5.09. The Labute approximate surface area is 87.6 Å². The second-order valence-electron chi connectivity index (χ2n) is 3.37. The SMILES string of the molecule is CC1OC(=O)CC1Sc1ccccc1. The molecule has 0 radical (unpaired) electrons. The number of carbonyl (C=O) groups is 1. The van der Waals surface area contributed by atoms with Crippen LogP contribution in [0.1, 0.15) is 13.3 Å². The third-order valence-corrected chi connectivity index (χ3v) is 3.64. The average Bonchev–Trinajstić information content (AvgIpc) is 2.47. The number of thioether (sulfide) groups is 1. The molecule has 1 fully saturated rings. The van der Waals surface area contributed by atoms with E-state index in [1.807, 2.05) is 25.1 Å². The van der Waals surface area contributed by atoms with E-state index >= 15 is 0 Å². The Balaban J connectivity index is 2.02. The van der Waals surface area contributed by atoms with Crippen molar-refractivity contribution in [1.82, 2.24) is 0 Å². The number of rotatable bonds is 2.